The molecule has 1 heterocycles. The Labute approximate surface area is 79.4 Å². The lowest BCUT2D eigenvalue weighted by Crippen LogP contribution is -1.88. The molecule has 0 aliphatic rings. The lowest BCUT2D eigenvalue weighted by molar-refractivity contribution is 0.416. The number of hydrogen-bond donors (Lipinski definition) is 2. The zero-order valence-electron chi connectivity index (χ0n) is 7.07. The first-order chi connectivity index (χ1) is 6.22. The fraction of sp³-hybridized carbons (Fsp3) is 0.111. The number of nitrogen functional groups attached to an aromatic ring is 1. The van der Waals surface area contributed by atoms with E-state index in [9.17, 15) is 5.11 Å². The fourth-order valence-corrected chi connectivity index (χ4v) is 2.18. The Morgan fingerprint density at radius 1 is 1.46 bits per heavy atom. The summed E-state index contributed by atoms with van der Waals surface area (Å²) in [5, 5.41) is 11.9. The summed E-state index contributed by atoms with van der Waals surface area (Å²) >= 11 is 1.45. The molecule has 0 aliphatic carbocycles. The van der Waals surface area contributed by atoms with Crippen molar-refractivity contribution in [3.8, 4) is 11.5 Å². The molecule has 0 amide bonds. The molecule has 68 valence electrons. The second-order valence-corrected chi connectivity index (χ2v) is 3.63. The van der Waals surface area contributed by atoms with Gasteiger partial charge >= 0.3 is 0 Å². The highest BCUT2D eigenvalue weighted by molar-refractivity contribution is 7.17. The molecule has 0 saturated carbocycles. The van der Waals surface area contributed by atoms with Gasteiger partial charge in [0.25, 0.3) is 0 Å². The molecule has 0 fully saturated rings. The zero-order valence-corrected chi connectivity index (χ0v) is 7.89. The number of anilines is 1. The van der Waals surface area contributed by atoms with Crippen LogP contribution in [0.5, 0.6) is 11.5 Å². The smallest absolute Gasteiger partial charge is 0.137 e. The highest BCUT2D eigenvalue weighted by atomic mass is 32.1. The van der Waals surface area contributed by atoms with Gasteiger partial charge in [-0.1, -0.05) is 0 Å². The molecule has 0 spiro atoms. The summed E-state index contributed by atoms with van der Waals surface area (Å²) in [7, 11) is 1.56. The third-order valence-electron chi connectivity index (χ3n) is 1.86. The minimum atomic E-state index is 0.247. The molecule has 3 N–H and O–H groups in total. The van der Waals surface area contributed by atoms with Gasteiger partial charge in [-0.15, -0.1) is 11.3 Å². The highest BCUT2D eigenvalue weighted by Crippen LogP contribution is 2.39. The first-order valence-corrected chi connectivity index (χ1v) is 4.64. The number of methoxy groups -OCH3 is 1. The van der Waals surface area contributed by atoms with Crippen molar-refractivity contribution in [1.29, 1.82) is 0 Å². The third-order valence-corrected chi connectivity index (χ3v) is 2.78. The van der Waals surface area contributed by atoms with Crippen LogP contribution in [0.25, 0.3) is 10.1 Å². The molecule has 3 nitrogen and oxygen atoms in total. The third kappa shape index (κ3) is 1.19. The summed E-state index contributed by atoms with van der Waals surface area (Å²) in [6.45, 7) is 0. The van der Waals surface area contributed by atoms with Gasteiger partial charge < -0.3 is 15.6 Å². The fourth-order valence-electron chi connectivity index (χ4n) is 1.29. The number of nitrogens with two attached hydrogens (primary N) is 1. The van der Waals surface area contributed by atoms with Gasteiger partial charge in [0.1, 0.15) is 11.5 Å². The Morgan fingerprint density at radius 3 is 2.92 bits per heavy atom. The Hall–Kier alpha value is -1.42. The predicted molar refractivity (Wildman–Crippen MR) is 54.5 cm³/mol. The van der Waals surface area contributed by atoms with E-state index in [1.807, 2.05) is 6.07 Å². The number of ether oxygens (including phenoxy) is 1. The van der Waals surface area contributed by atoms with Crippen molar-refractivity contribution in [2.45, 2.75) is 0 Å². The molecular weight excluding hydrogens is 186 g/mol. The molecule has 0 saturated heterocycles. The van der Waals surface area contributed by atoms with Gasteiger partial charge in [0.15, 0.2) is 0 Å². The van der Waals surface area contributed by atoms with E-state index in [1.165, 1.54) is 11.3 Å². The number of fused-ring (bicyclic) bond motifs is 1. The molecule has 13 heavy (non-hydrogen) atoms. The highest BCUT2D eigenvalue weighted by Gasteiger charge is 2.09. The molecule has 0 atom stereocenters. The minimum Gasteiger partial charge on any atom is -0.506 e. The summed E-state index contributed by atoms with van der Waals surface area (Å²) in [6, 6.07) is 3.52. The van der Waals surface area contributed by atoms with Crippen LogP contribution in [0, 0.1) is 0 Å². The molecule has 4 heteroatoms. The van der Waals surface area contributed by atoms with Gasteiger partial charge in [-0.05, 0) is 6.07 Å². The number of rotatable bonds is 1. The van der Waals surface area contributed by atoms with Gasteiger partial charge in [0.2, 0.25) is 0 Å². The summed E-state index contributed by atoms with van der Waals surface area (Å²) in [5.74, 6) is 0.866. The number of benzene rings is 1. The molecule has 0 aliphatic heterocycles. The van der Waals surface area contributed by atoms with Crippen LogP contribution in [0.1, 0.15) is 0 Å². The standard InChI is InChI=1S/C9H9NO2S/c1-12-7-2-5(10)3-8-9(7)6(11)4-13-8/h2-4,11H,10H2,1H3. The summed E-state index contributed by atoms with van der Waals surface area (Å²) in [5.41, 5.74) is 6.30. The van der Waals surface area contributed by atoms with Crippen LogP contribution >= 0.6 is 11.3 Å². The maximum Gasteiger partial charge on any atom is 0.137 e. The zero-order chi connectivity index (χ0) is 9.42. The van der Waals surface area contributed by atoms with Crippen molar-refractivity contribution in [3.05, 3.63) is 17.5 Å². The van der Waals surface area contributed by atoms with Crippen LogP contribution in [0.2, 0.25) is 0 Å². The Balaban J connectivity index is 2.85. The van der Waals surface area contributed by atoms with Gasteiger partial charge in [0, 0.05) is 21.8 Å². The van der Waals surface area contributed by atoms with Crippen molar-refractivity contribution in [2.75, 3.05) is 12.8 Å². The number of thiophene rings is 1. The molecule has 2 rings (SSSR count). The molecule has 0 bridgehead atoms. The molecule has 0 unspecified atom stereocenters. The average molecular weight is 195 g/mol. The van der Waals surface area contributed by atoms with Crippen molar-refractivity contribution >= 4 is 27.1 Å². The van der Waals surface area contributed by atoms with E-state index in [4.69, 9.17) is 10.5 Å². The van der Waals surface area contributed by atoms with E-state index in [2.05, 4.69) is 0 Å². The normalized spacial score (nSPS) is 10.5. The average Bonchev–Trinajstić information content (AvgIpc) is 2.46. The van der Waals surface area contributed by atoms with Crippen molar-refractivity contribution in [3.63, 3.8) is 0 Å². The van der Waals surface area contributed by atoms with Crippen LogP contribution in [0.3, 0.4) is 0 Å². The lowest BCUT2D eigenvalue weighted by Gasteiger charge is -2.03. The van der Waals surface area contributed by atoms with E-state index >= 15 is 0 Å². The van der Waals surface area contributed by atoms with Crippen molar-refractivity contribution in [1.82, 2.24) is 0 Å². The van der Waals surface area contributed by atoms with Crippen LogP contribution in [0.4, 0.5) is 5.69 Å². The van der Waals surface area contributed by atoms with Crippen molar-refractivity contribution < 1.29 is 9.84 Å². The van der Waals surface area contributed by atoms with Gasteiger partial charge in [-0.3, -0.25) is 0 Å². The van der Waals surface area contributed by atoms with Crippen LogP contribution in [-0.2, 0) is 0 Å². The maximum absolute atomic E-state index is 9.50. The molecule has 1 aromatic heterocycles. The first-order valence-electron chi connectivity index (χ1n) is 3.76. The van der Waals surface area contributed by atoms with E-state index < -0.39 is 0 Å². The van der Waals surface area contributed by atoms with Gasteiger partial charge in [0.05, 0.1) is 12.5 Å². The second-order valence-electron chi connectivity index (χ2n) is 2.72. The summed E-state index contributed by atoms with van der Waals surface area (Å²) < 4.78 is 6.05. The SMILES string of the molecule is COc1cc(N)cc2scc(O)c12. The summed E-state index contributed by atoms with van der Waals surface area (Å²) in [4.78, 5) is 0. The Kier molecular flexibility index (Phi) is 1.77. The maximum atomic E-state index is 9.50. The molecular formula is C9H9NO2S. The monoisotopic (exact) mass is 195 g/mol. The second kappa shape index (κ2) is 2.81. The Bertz CT molecular complexity index is 450. The molecule has 0 radical (unpaired) electrons. The van der Waals surface area contributed by atoms with E-state index in [-0.39, 0.29) is 5.75 Å². The molecule has 1 aromatic carbocycles. The first kappa shape index (κ1) is 8.19. The van der Waals surface area contributed by atoms with Crippen LogP contribution in [-0.4, -0.2) is 12.2 Å². The van der Waals surface area contributed by atoms with Crippen molar-refractivity contribution in [2.24, 2.45) is 0 Å². The van der Waals surface area contributed by atoms with E-state index in [1.54, 1.807) is 18.6 Å². The van der Waals surface area contributed by atoms with Crippen LogP contribution in [0.15, 0.2) is 17.5 Å². The lowest BCUT2D eigenvalue weighted by atomic mass is 10.2. The van der Waals surface area contributed by atoms with Gasteiger partial charge in [-0.2, -0.15) is 0 Å². The van der Waals surface area contributed by atoms with E-state index in [0.717, 1.165) is 10.1 Å². The number of hydrogen-bond acceptors (Lipinski definition) is 4. The Morgan fingerprint density at radius 2 is 2.23 bits per heavy atom. The largest absolute Gasteiger partial charge is 0.506 e. The molecule has 2 aromatic rings. The van der Waals surface area contributed by atoms with E-state index in [0.29, 0.717) is 11.4 Å². The quantitative estimate of drug-likeness (QED) is 0.686. The summed E-state index contributed by atoms with van der Waals surface area (Å²) in [6.07, 6.45) is 0. The predicted octanol–water partition coefficient (Wildman–Crippen LogP) is 2.20. The van der Waals surface area contributed by atoms with Crippen LogP contribution < -0.4 is 10.5 Å². The topological polar surface area (TPSA) is 55.5 Å². The van der Waals surface area contributed by atoms with Gasteiger partial charge in [-0.25, -0.2) is 0 Å². The number of aromatic hydroxyl groups is 1. The minimum absolute atomic E-state index is 0.247.